The Hall–Kier alpha value is -2.87. The molecule has 2 N–H and O–H groups in total. The highest BCUT2D eigenvalue weighted by atomic mass is 79.9. The average molecular weight is 438 g/mol. The lowest BCUT2D eigenvalue weighted by atomic mass is 10.1. The second-order valence-electron chi connectivity index (χ2n) is 5.46. The molecule has 1 amide bonds. The first kappa shape index (κ1) is 20.4. The van der Waals surface area contributed by atoms with Crippen molar-refractivity contribution in [2.45, 2.75) is 13.5 Å². The van der Waals surface area contributed by atoms with Gasteiger partial charge in [-0.15, -0.1) is 0 Å². The maximum atomic E-state index is 13.7. The summed E-state index contributed by atoms with van der Waals surface area (Å²) in [5.41, 5.74) is 0.564. The first-order chi connectivity index (χ1) is 12.8. The highest BCUT2D eigenvalue weighted by Gasteiger charge is 2.15. The van der Waals surface area contributed by atoms with E-state index in [9.17, 15) is 19.1 Å². The zero-order valence-corrected chi connectivity index (χ0v) is 16.2. The molecule has 0 bridgehead atoms. The molecule has 0 aliphatic carbocycles. The van der Waals surface area contributed by atoms with Crippen molar-refractivity contribution in [3.05, 3.63) is 63.5 Å². The molecule has 27 heavy (non-hydrogen) atoms. The van der Waals surface area contributed by atoms with Gasteiger partial charge in [0.1, 0.15) is 18.1 Å². The van der Waals surface area contributed by atoms with Crippen LogP contribution in [0.3, 0.4) is 0 Å². The molecular formula is C19H17BrFNO5. The topological polar surface area (TPSA) is 84.9 Å². The van der Waals surface area contributed by atoms with E-state index < -0.39 is 11.9 Å². The number of halogens is 2. The average Bonchev–Trinajstić information content (AvgIpc) is 2.60. The van der Waals surface area contributed by atoms with Crippen LogP contribution in [0, 0.1) is 5.82 Å². The molecule has 6 nitrogen and oxygen atoms in total. The maximum Gasteiger partial charge on any atom is 0.352 e. The van der Waals surface area contributed by atoms with E-state index in [0.717, 1.165) is 0 Å². The van der Waals surface area contributed by atoms with Crippen molar-refractivity contribution >= 4 is 33.9 Å². The maximum absolute atomic E-state index is 13.7. The molecule has 0 heterocycles. The van der Waals surface area contributed by atoms with E-state index in [1.807, 2.05) is 0 Å². The molecule has 0 spiro atoms. The van der Waals surface area contributed by atoms with Crippen molar-refractivity contribution in [2.24, 2.45) is 0 Å². The van der Waals surface area contributed by atoms with E-state index >= 15 is 0 Å². The van der Waals surface area contributed by atoms with Gasteiger partial charge in [0.05, 0.1) is 11.6 Å². The van der Waals surface area contributed by atoms with Gasteiger partial charge in [-0.2, -0.15) is 0 Å². The van der Waals surface area contributed by atoms with Crippen LogP contribution in [0.15, 0.2) is 46.6 Å². The number of carbonyl (C=O) groups is 2. The van der Waals surface area contributed by atoms with Crippen LogP contribution in [0.1, 0.15) is 18.1 Å². The number of amides is 1. The second kappa shape index (κ2) is 9.18. The Kier molecular flexibility index (Phi) is 6.95. The lowest BCUT2D eigenvalue weighted by Gasteiger charge is -2.14. The summed E-state index contributed by atoms with van der Waals surface area (Å²) in [4.78, 5) is 22.4. The summed E-state index contributed by atoms with van der Waals surface area (Å²) < 4.78 is 25.2. The number of aliphatic carboxylic acids is 1. The molecule has 0 unspecified atom stereocenters. The third-order valence-corrected chi connectivity index (χ3v) is 4.02. The predicted octanol–water partition coefficient (Wildman–Crippen LogP) is 3.74. The number of carboxylic acids is 1. The molecule has 0 radical (unpaired) electrons. The Balaban J connectivity index is 2.32. The predicted molar refractivity (Wildman–Crippen MR) is 101 cm³/mol. The normalized spacial score (nSPS) is 11.0. The molecule has 8 heteroatoms. The SMILES string of the molecule is COc1cc(/C=C(/NC(C)=O)C(=O)O)cc(Br)c1OCc1ccccc1F. The number of nitrogens with one attached hydrogen (secondary N) is 1. The minimum atomic E-state index is -1.28. The molecule has 0 aliphatic rings. The third-order valence-electron chi connectivity index (χ3n) is 3.43. The van der Waals surface area contributed by atoms with Crippen molar-refractivity contribution in [3.8, 4) is 11.5 Å². The Morgan fingerprint density at radius 1 is 1.30 bits per heavy atom. The van der Waals surface area contributed by atoms with Crippen LogP contribution < -0.4 is 14.8 Å². The van der Waals surface area contributed by atoms with Crippen molar-refractivity contribution in [1.29, 1.82) is 0 Å². The van der Waals surface area contributed by atoms with Gasteiger partial charge in [0.2, 0.25) is 5.91 Å². The fourth-order valence-electron chi connectivity index (χ4n) is 2.24. The minimum Gasteiger partial charge on any atom is -0.493 e. The molecule has 0 fully saturated rings. The van der Waals surface area contributed by atoms with Crippen molar-refractivity contribution < 1.29 is 28.6 Å². The highest BCUT2D eigenvalue weighted by molar-refractivity contribution is 9.10. The lowest BCUT2D eigenvalue weighted by molar-refractivity contribution is -0.134. The van der Waals surface area contributed by atoms with Gasteiger partial charge in [-0.25, -0.2) is 9.18 Å². The molecule has 0 aliphatic heterocycles. The first-order valence-electron chi connectivity index (χ1n) is 7.78. The zero-order valence-electron chi connectivity index (χ0n) is 14.6. The molecular weight excluding hydrogens is 421 g/mol. The lowest BCUT2D eigenvalue weighted by Crippen LogP contribution is -2.24. The van der Waals surface area contributed by atoms with Gasteiger partial charge in [0, 0.05) is 12.5 Å². The third kappa shape index (κ3) is 5.55. The molecule has 0 aromatic heterocycles. The molecule has 2 aromatic rings. The van der Waals surface area contributed by atoms with Gasteiger partial charge in [0.25, 0.3) is 0 Å². The summed E-state index contributed by atoms with van der Waals surface area (Å²) in [5, 5.41) is 11.4. The Morgan fingerprint density at radius 3 is 2.59 bits per heavy atom. The van der Waals surface area contributed by atoms with E-state index in [4.69, 9.17) is 9.47 Å². The van der Waals surface area contributed by atoms with Crippen LogP contribution in [0.5, 0.6) is 11.5 Å². The van der Waals surface area contributed by atoms with Gasteiger partial charge < -0.3 is 19.9 Å². The Morgan fingerprint density at radius 2 is 2.00 bits per heavy atom. The molecule has 2 rings (SSSR count). The quantitative estimate of drug-likeness (QED) is 0.644. The van der Waals surface area contributed by atoms with Crippen LogP contribution in [0.2, 0.25) is 0 Å². The van der Waals surface area contributed by atoms with Gasteiger partial charge in [-0.05, 0) is 45.8 Å². The summed E-state index contributed by atoms with van der Waals surface area (Å²) in [7, 11) is 1.43. The number of hydrogen-bond acceptors (Lipinski definition) is 4. The van der Waals surface area contributed by atoms with Gasteiger partial charge >= 0.3 is 5.97 Å². The van der Waals surface area contributed by atoms with E-state index in [0.29, 0.717) is 27.1 Å². The minimum absolute atomic E-state index is 0.0108. The molecule has 142 valence electrons. The zero-order chi connectivity index (χ0) is 20.0. The smallest absolute Gasteiger partial charge is 0.352 e. The summed E-state index contributed by atoms with van der Waals surface area (Å²) in [6.45, 7) is 1.20. The monoisotopic (exact) mass is 437 g/mol. The van der Waals surface area contributed by atoms with Gasteiger partial charge in [-0.1, -0.05) is 18.2 Å². The molecule has 0 saturated heterocycles. The number of benzene rings is 2. The summed E-state index contributed by atoms with van der Waals surface area (Å²) in [6, 6.07) is 9.40. The fraction of sp³-hybridized carbons (Fsp3) is 0.158. The number of rotatable bonds is 7. The van der Waals surface area contributed by atoms with Crippen LogP contribution in [-0.4, -0.2) is 24.1 Å². The second-order valence-corrected chi connectivity index (χ2v) is 6.31. The van der Waals surface area contributed by atoms with Crippen LogP contribution in [0.25, 0.3) is 6.08 Å². The van der Waals surface area contributed by atoms with Crippen molar-refractivity contribution in [1.82, 2.24) is 5.32 Å². The van der Waals surface area contributed by atoms with E-state index in [1.165, 1.54) is 26.2 Å². The summed E-state index contributed by atoms with van der Waals surface area (Å²) >= 11 is 3.35. The van der Waals surface area contributed by atoms with Crippen molar-refractivity contribution in [2.75, 3.05) is 7.11 Å². The summed E-state index contributed by atoms with van der Waals surface area (Å²) in [6.07, 6.45) is 1.29. The Bertz CT molecular complexity index is 898. The largest absolute Gasteiger partial charge is 0.493 e. The van der Waals surface area contributed by atoms with Crippen LogP contribution in [0.4, 0.5) is 4.39 Å². The van der Waals surface area contributed by atoms with Crippen LogP contribution in [-0.2, 0) is 16.2 Å². The molecule has 0 saturated carbocycles. The van der Waals surface area contributed by atoms with E-state index in [-0.39, 0.29) is 18.1 Å². The van der Waals surface area contributed by atoms with Crippen molar-refractivity contribution in [3.63, 3.8) is 0 Å². The first-order valence-corrected chi connectivity index (χ1v) is 8.57. The van der Waals surface area contributed by atoms with Crippen LogP contribution >= 0.6 is 15.9 Å². The number of carboxylic acid groups (broad SMARTS) is 1. The molecule has 2 aromatic carbocycles. The van der Waals surface area contributed by atoms with Gasteiger partial charge in [-0.3, -0.25) is 4.79 Å². The highest BCUT2D eigenvalue weighted by Crippen LogP contribution is 2.37. The number of carbonyl (C=O) groups excluding carboxylic acids is 1. The fourth-order valence-corrected chi connectivity index (χ4v) is 2.81. The molecule has 0 atom stereocenters. The van der Waals surface area contributed by atoms with E-state index in [1.54, 1.807) is 30.3 Å². The number of methoxy groups -OCH3 is 1. The number of ether oxygens (including phenoxy) is 2. The van der Waals surface area contributed by atoms with E-state index in [2.05, 4.69) is 21.2 Å². The number of hydrogen-bond donors (Lipinski definition) is 2. The van der Waals surface area contributed by atoms with Gasteiger partial charge in [0.15, 0.2) is 11.5 Å². The standard InChI is InChI=1S/C19H17BrFNO5/c1-11(23)22-16(19(24)25)8-12-7-14(20)18(17(9-12)26-2)27-10-13-5-3-4-6-15(13)21/h3-9H,10H2,1-2H3,(H,22,23)(H,24,25)/b16-8+. The Labute approximate surface area is 163 Å². The summed E-state index contributed by atoms with van der Waals surface area (Å²) in [5.74, 6) is -1.50.